The highest BCUT2D eigenvalue weighted by molar-refractivity contribution is 14.1. The number of rotatable bonds is 3. The Morgan fingerprint density at radius 1 is 1.20 bits per heavy atom. The van der Waals surface area contributed by atoms with Gasteiger partial charge in [0.05, 0.1) is 11.1 Å². The van der Waals surface area contributed by atoms with Crippen LogP contribution in [0.25, 0.3) is 0 Å². The van der Waals surface area contributed by atoms with Crippen molar-refractivity contribution in [2.45, 2.75) is 0 Å². The molecule has 1 aromatic rings. The van der Waals surface area contributed by atoms with Crippen molar-refractivity contribution in [2.75, 3.05) is 0 Å². The van der Waals surface area contributed by atoms with Gasteiger partial charge in [-0.1, -0.05) is 0 Å². The maximum Gasteiger partial charge on any atom is 0.342 e. The summed E-state index contributed by atoms with van der Waals surface area (Å²) in [7, 11) is 0. The Balaban J connectivity index is 2.80. The molecule has 0 unspecified atom stereocenters. The summed E-state index contributed by atoms with van der Waals surface area (Å²) >= 11 is 1.92. The fourth-order valence-electron chi connectivity index (χ4n) is 0.904. The number of aromatic carboxylic acids is 1. The molecule has 0 atom stereocenters. The summed E-state index contributed by atoms with van der Waals surface area (Å²) in [6, 6.07) is 5.53. The summed E-state index contributed by atoms with van der Waals surface area (Å²) in [5.74, 6) is -1.54. The first-order chi connectivity index (χ1) is 7.15. The molecule has 0 saturated carbocycles. The summed E-state index contributed by atoms with van der Waals surface area (Å²) in [5.41, 5.74) is 0.450. The first-order valence-corrected chi connectivity index (χ1v) is 5.19. The van der Waals surface area contributed by atoms with Crippen LogP contribution >= 0.6 is 22.6 Å². The van der Waals surface area contributed by atoms with Crippen molar-refractivity contribution in [3.8, 4) is 0 Å². The van der Waals surface area contributed by atoms with Gasteiger partial charge in [0.25, 0.3) is 0 Å². The van der Waals surface area contributed by atoms with E-state index in [1.54, 1.807) is 4.08 Å². The largest absolute Gasteiger partial charge is 0.478 e. The summed E-state index contributed by atoms with van der Waals surface area (Å²) in [5, 5.41) is 8.63. The van der Waals surface area contributed by atoms with Crippen LogP contribution in [0.4, 0.5) is 0 Å². The monoisotopic (exact) mass is 318 g/mol. The lowest BCUT2D eigenvalue weighted by Crippen LogP contribution is -2.02. The van der Waals surface area contributed by atoms with E-state index in [2.05, 4.69) is 0 Å². The predicted octanol–water partition coefficient (Wildman–Crippen LogP) is 2.45. The van der Waals surface area contributed by atoms with E-state index < -0.39 is 11.9 Å². The molecule has 1 N–H and O–H groups in total. The van der Waals surface area contributed by atoms with Crippen molar-refractivity contribution in [3.05, 3.63) is 45.7 Å². The van der Waals surface area contributed by atoms with Gasteiger partial charge in [-0.25, -0.2) is 9.59 Å². The number of carboxylic acids is 1. The molecule has 0 amide bonds. The Morgan fingerprint density at radius 2 is 1.73 bits per heavy atom. The van der Waals surface area contributed by atoms with Crippen molar-refractivity contribution >= 4 is 34.5 Å². The summed E-state index contributed by atoms with van der Waals surface area (Å²) in [4.78, 5) is 21.8. The van der Waals surface area contributed by atoms with Gasteiger partial charge < -0.3 is 9.84 Å². The molecule has 0 heterocycles. The molecule has 0 spiro atoms. The molecule has 1 aromatic carbocycles. The highest BCUT2D eigenvalue weighted by Gasteiger charge is 2.07. The number of carbonyl (C=O) groups excluding carboxylic acids is 1. The van der Waals surface area contributed by atoms with E-state index >= 15 is 0 Å². The zero-order valence-corrected chi connectivity index (χ0v) is 9.67. The zero-order valence-electron chi connectivity index (χ0n) is 7.51. The summed E-state index contributed by atoms with van der Waals surface area (Å²) in [6.07, 6.45) is 1.26. The fourth-order valence-corrected chi connectivity index (χ4v) is 1.05. The number of ether oxygens (including phenoxy) is 1. The maximum absolute atomic E-state index is 11.3. The fraction of sp³-hybridized carbons (Fsp3) is 0. The third-order valence-corrected chi connectivity index (χ3v) is 1.89. The van der Waals surface area contributed by atoms with Crippen LogP contribution in [0, 0.1) is 0 Å². The van der Waals surface area contributed by atoms with Crippen LogP contribution in [0.1, 0.15) is 20.7 Å². The van der Waals surface area contributed by atoms with Gasteiger partial charge in [-0.05, 0) is 46.9 Å². The minimum atomic E-state index is -1.03. The molecule has 0 fully saturated rings. The summed E-state index contributed by atoms with van der Waals surface area (Å²) in [6.45, 7) is 0. The van der Waals surface area contributed by atoms with Crippen molar-refractivity contribution in [2.24, 2.45) is 0 Å². The first-order valence-electron chi connectivity index (χ1n) is 3.94. The number of halogens is 1. The van der Waals surface area contributed by atoms with Crippen LogP contribution in [-0.4, -0.2) is 17.0 Å². The van der Waals surface area contributed by atoms with Gasteiger partial charge in [0, 0.05) is 4.08 Å². The Bertz CT molecular complexity index is 394. The number of benzene rings is 1. The van der Waals surface area contributed by atoms with Crippen LogP contribution < -0.4 is 0 Å². The van der Waals surface area contributed by atoms with Crippen molar-refractivity contribution in [3.63, 3.8) is 0 Å². The van der Waals surface area contributed by atoms with Crippen molar-refractivity contribution in [1.82, 2.24) is 0 Å². The van der Waals surface area contributed by atoms with E-state index in [4.69, 9.17) is 9.84 Å². The number of hydrogen-bond acceptors (Lipinski definition) is 3. The predicted molar refractivity (Wildman–Crippen MR) is 62.0 cm³/mol. The van der Waals surface area contributed by atoms with Crippen LogP contribution in [0.3, 0.4) is 0 Å². The lowest BCUT2D eigenvalue weighted by Gasteiger charge is -1.99. The van der Waals surface area contributed by atoms with E-state index in [9.17, 15) is 9.59 Å². The van der Waals surface area contributed by atoms with Gasteiger partial charge in [-0.2, -0.15) is 0 Å². The minimum Gasteiger partial charge on any atom is -0.478 e. The first kappa shape index (κ1) is 11.7. The molecular weight excluding hydrogens is 311 g/mol. The van der Waals surface area contributed by atoms with Gasteiger partial charge in [0.1, 0.15) is 6.26 Å². The quantitative estimate of drug-likeness (QED) is 0.528. The van der Waals surface area contributed by atoms with Crippen molar-refractivity contribution < 1.29 is 19.4 Å². The van der Waals surface area contributed by atoms with E-state index in [1.807, 2.05) is 22.6 Å². The van der Waals surface area contributed by atoms with E-state index in [-0.39, 0.29) is 5.56 Å². The average Bonchev–Trinajstić information content (AvgIpc) is 2.26. The van der Waals surface area contributed by atoms with Crippen LogP contribution in [-0.2, 0) is 4.74 Å². The second-order valence-corrected chi connectivity index (χ2v) is 3.27. The normalized spacial score (nSPS) is 10.2. The number of carboxylic acid groups (broad SMARTS) is 1. The molecule has 0 radical (unpaired) electrons. The Morgan fingerprint density at radius 3 is 2.20 bits per heavy atom. The Kier molecular flexibility index (Phi) is 4.29. The lowest BCUT2D eigenvalue weighted by atomic mass is 10.1. The van der Waals surface area contributed by atoms with Crippen LogP contribution in [0.15, 0.2) is 34.6 Å². The van der Waals surface area contributed by atoms with E-state index in [1.165, 1.54) is 30.5 Å². The minimum absolute atomic E-state index is 0.135. The second kappa shape index (κ2) is 5.50. The second-order valence-electron chi connectivity index (χ2n) is 2.55. The molecule has 15 heavy (non-hydrogen) atoms. The highest BCUT2D eigenvalue weighted by atomic mass is 127. The van der Waals surface area contributed by atoms with Gasteiger partial charge >= 0.3 is 11.9 Å². The average molecular weight is 318 g/mol. The topological polar surface area (TPSA) is 63.6 Å². The number of esters is 1. The molecule has 0 aliphatic rings. The standard InChI is InChI=1S/C10H7IO4/c11-5-6-15-10(14)8-3-1-7(2-4-8)9(12)13/h1-6H,(H,12,13). The van der Waals surface area contributed by atoms with Crippen LogP contribution in [0.5, 0.6) is 0 Å². The van der Waals surface area contributed by atoms with E-state index in [0.717, 1.165) is 0 Å². The smallest absolute Gasteiger partial charge is 0.342 e. The highest BCUT2D eigenvalue weighted by Crippen LogP contribution is 2.06. The molecule has 0 aliphatic heterocycles. The zero-order chi connectivity index (χ0) is 11.3. The maximum atomic E-state index is 11.3. The summed E-state index contributed by atoms with van der Waals surface area (Å²) < 4.78 is 6.26. The van der Waals surface area contributed by atoms with Gasteiger partial charge in [-0.3, -0.25) is 0 Å². The Labute approximate surface area is 99.7 Å². The van der Waals surface area contributed by atoms with Crippen molar-refractivity contribution in [1.29, 1.82) is 0 Å². The molecular formula is C10H7IO4. The molecule has 0 saturated heterocycles. The van der Waals surface area contributed by atoms with Gasteiger partial charge in [-0.15, -0.1) is 0 Å². The third-order valence-electron chi connectivity index (χ3n) is 1.59. The van der Waals surface area contributed by atoms with E-state index in [0.29, 0.717) is 5.56 Å². The molecule has 4 nitrogen and oxygen atoms in total. The van der Waals surface area contributed by atoms with Crippen LogP contribution in [0.2, 0.25) is 0 Å². The molecule has 0 aromatic heterocycles. The number of carbonyl (C=O) groups is 2. The third kappa shape index (κ3) is 3.35. The van der Waals surface area contributed by atoms with Gasteiger partial charge in [0.2, 0.25) is 0 Å². The number of hydrogen-bond donors (Lipinski definition) is 1. The lowest BCUT2D eigenvalue weighted by molar-refractivity contribution is 0.0658. The SMILES string of the molecule is O=C(O)c1ccc(C(=O)OC=CI)cc1. The molecule has 0 aliphatic carbocycles. The van der Waals surface area contributed by atoms with Gasteiger partial charge in [0.15, 0.2) is 0 Å². The Hall–Kier alpha value is -1.37. The molecule has 1 rings (SSSR count). The molecule has 78 valence electrons. The molecule has 5 heteroatoms. The molecule has 0 bridgehead atoms.